The zero-order chi connectivity index (χ0) is 20.6. The highest BCUT2D eigenvalue weighted by Crippen LogP contribution is 2.22. The van der Waals surface area contributed by atoms with Gasteiger partial charge in [-0.15, -0.1) is 5.10 Å². The lowest BCUT2D eigenvalue weighted by Gasteiger charge is -2.32. The fraction of sp³-hybridized carbons (Fsp3) is 0.524. The maximum Gasteiger partial charge on any atom is 0.273 e. The molecule has 1 N–H and O–H groups in total. The van der Waals surface area contributed by atoms with E-state index in [0.29, 0.717) is 38.4 Å². The third-order valence-corrected chi connectivity index (χ3v) is 5.27. The number of piperidine rings is 1. The van der Waals surface area contributed by atoms with Gasteiger partial charge in [0.1, 0.15) is 0 Å². The van der Waals surface area contributed by atoms with Crippen molar-refractivity contribution in [3.63, 3.8) is 0 Å². The predicted octanol–water partition coefficient (Wildman–Crippen LogP) is 1.76. The number of ether oxygens (including phenoxy) is 1. The summed E-state index contributed by atoms with van der Waals surface area (Å²) in [6.07, 6.45) is 4.60. The van der Waals surface area contributed by atoms with Gasteiger partial charge in [0.05, 0.1) is 18.8 Å². The van der Waals surface area contributed by atoms with Gasteiger partial charge in [-0.2, -0.15) is 0 Å². The topological polar surface area (TPSA) is 89.4 Å². The largest absolute Gasteiger partial charge is 0.383 e. The molecular formula is C21H29N5O3. The Balaban J connectivity index is 1.44. The summed E-state index contributed by atoms with van der Waals surface area (Å²) in [7, 11) is 1.59. The van der Waals surface area contributed by atoms with E-state index in [1.54, 1.807) is 18.0 Å². The smallest absolute Gasteiger partial charge is 0.273 e. The van der Waals surface area contributed by atoms with Crippen molar-refractivity contribution >= 4 is 11.8 Å². The summed E-state index contributed by atoms with van der Waals surface area (Å²) in [6.45, 7) is 4.35. The van der Waals surface area contributed by atoms with Gasteiger partial charge in [0.15, 0.2) is 5.69 Å². The summed E-state index contributed by atoms with van der Waals surface area (Å²) in [6, 6.07) is 8.49. The predicted molar refractivity (Wildman–Crippen MR) is 109 cm³/mol. The number of nitrogens with zero attached hydrogens (tertiary/aromatic N) is 4. The highest BCUT2D eigenvalue weighted by Gasteiger charge is 2.25. The Hall–Kier alpha value is -2.74. The van der Waals surface area contributed by atoms with E-state index in [2.05, 4.69) is 46.8 Å². The molecule has 8 nitrogen and oxygen atoms in total. The van der Waals surface area contributed by atoms with E-state index >= 15 is 0 Å². The molecule has 3 rings (SSSR count). The lowest BCUT2D eigenvalue weighted by molar-refractivity contribution is -0.132. The van der Waals surface area contributed by atoms with Crippen molar-refractivity contribution in [3.05, 3.63) is 47.3 Å². The standard InChI is InChI=1S/C21H29N5O3/c1-16-3-5-17(6-4-16)7-8-20(27)25-12-9-18(10-13-25)26-15-19(23-24-26)21(28)22-11-14-29-2/h3-6,15,18H,7-14H2,1-2H3,(H,22,28). The normalized spacial score (nSPS) is 14.8. The molecule has 0 aliphatic carbocycles. The summed E-state index contributed by atoms with van der Waals surface area (Å²) in [4.78, 5) is 26.5. The zero-order valence-corrected chi connectivity index (χ0v) is 17.1. The van der Waals surface area contributed by atoms with E-state index in [-0.39, 0.29) is 17.9 Å². The molecule has 1 aromatic heterocycles. The number of hydrogen-bond donors (Lipinski definition) is 1. The molecule has 0 radical (unpaired) electrons. The quantitative estimate of drug-likeness (QED) is 0.683. The van der Waals surface area contributed by atoms with Gasteiger partial charge in [-0.25, -0.2) is 4.68 Å². The molecule has 0 unspecified atom stereocenters. The molecule has 2 amide bonds. The molecule has 2 aromatic rings. The highest BCUT2D eigenvalue weighted by molar-refractivity contribution is 5.91. The first-order valence-electron chi connectivity index (χ1n) is 10.1. The summed E-state index contributed by atoms with van der Waals surface area (Å²) in [5.74, 6) is -0.0576. The Kier molecular flexibility index (Phi) is 7.35. The van der Waals surface area contributed by atoms with Crippen molar-refractivity contribution < 1.29 is 14.3 Å². The SMILES string of the molecule is COCCNC(=O)c1cn(C2CCN(C(=O)CCc3ccc(C)cc3)CC2)nn1. The molecule has 0 spiro atoms. The number of likely N-dealkylation sites (tertiary alicyclic amines) is 1. The number of aromatic nitrogens is 3. The van der Waals surface area contributed by atoms with E-state index in [1.165, 1.54) is 11.1 Å². The number of nitrogens with one attached hydrogen (secondary N) is 1. The van der Waals surface area contributed by atoms with Gasteiger partial charge >= 0.3 is 0 Å². The van der Waals surface area contributed by atoms with Crippen molar-refractivity contribution in [2.75, 3.05) is 33.4 Å². The number of methoxy groups -OCH3 is 1. The van der Waals surface area contributed by atoms with Crippen molar-refractivity contribution in [1.29, 1.82) is 0 Å². The lowest BCUT2D eigenvalue weighted by atomic mass is 10.0. The maximum absolute atomic E-state index is 12.5. The minimum atomic E-state index is -0.253. The summed E-state index contributed by atoms with van der Waals surface area (Å²) >= 11 is 0. The molecule has 156 valence electrons. The number of carbonyl (C=O) groups is 2. The molecule has 0 atom stereocenters. The van der Waals surface area contributed by atoms with E-state index in [4.69, 9.17) is 4.74 Å². The van der Waals surface area contributed by atoms with Crippen LogP contribution < -0.4 is 5.32 Å². The van der Waals surface area contributed by atoms with E-state index in [0.717, 1.165) is 19.3 Å². The number of rotatable bonds is 8. The van der Waals surface area contributed by atoms with Crippen molar-refractivity contribution in [2.45, 2.75) is 38.6 Å². The summed E-state index contributed by atoms with van der Waals surface area (Å²) < 4.78 is 6.67. The molecule has 1 aliphatic rings. The van der Waals surface area contributed by atoms with Gasteiger partial charge in [-0.1, -0.05) is 35.0 Å². The van der Waals surface area contributed by atoms with Gasteiger partial charge in [0.2, 0.25) is 5.91 Å². The molecule has 1 aliphatic heterocycles. The van der Waals surface area contributed by atoms with Crippen LogP contribution in [0, 0.1) is 6.92 Å². The van der Waals surface area contributed by atoms with Gasteiger partial charge in [0, 0.05) is 33.2 Å². The number of amides is 2. The molecule has 1 saturated heterocycles. The highest BCUT2D eigenvalue weighted by atomic mass is 16.5. The van der Waals surface area contributed by atoms with Crippen LogP contribution in [0.15, 0.2) is 30.5 Å². The van der Waals surface area contributed by atoms with Crippen LogP contribution >= 0.6 is 0 Å². The van der Waals surface area contributed by atoms with E-state index in [9.17, 15) is 9.59 Å². The molecule has 1 fully saturated rings. The molecule has 1 aromatic carbocycles. The molecule has 2 heterocycles. The minimum Gasteiger partial charge on any atom is -0.383 e. The van der Waals surface area contributed by atoms with Gasteiger partial charge in [-0.3, -0.25) is 9.59 Å². The first-order valence-corrected chi connectivity index (χ1v) is 10.1. The average molecular weight is 399 g/mol. The van der Waals surface area contributed by atoms with E-state index < -0.39 is 0 Å². The number of carbonyl (C=O) groups excluding carboxylic acids is 2. The second kappa shape index (κ2) is 10.2. The first-order chi connectivity index (χ1) is 14.1. The van der Waals surface area contributed by atoms with Gasteiger partial charge < -0.3 is 15.0 Å². The monoisotopic (exact) mass is 399 g/mol. The van der Waals surface area contributed by atoms with Crippen LogP contribution in [-0.4, -0.2) is 65.1 Å². The maximum atomic E-state index is 12.5. The molecular weight excluding hydrogens is 370 g/mol. The third-order valence-electron chi connectivity index (χ3n) is 5.27. The number of hydrogen-bond acceptors (Lipinski definition) is 5. The molecule has 0 bridgehead atoms. The molecule has 8 heteroatoms. The second-order valence-corrected chi connectivity index (χ2v) is 7.43. The Morgan fingerprint density at radius 3 is 2.62 bits per heavy atom. The van der Waals surface area contributed by atoms with Crippen LogP contribution in [0.5, 0.6) is 0 Å². The molecule has 0 saturated carbocycles. The Bertz CT molecular complexity index is 810. The van der Waals surface area contributed by atoms with E-state index in [1.807, 2.05) is 4.90 Å². The van der Waals surface area contributed by atoms with Crippen molar-refractivity contribution in [1.82, 2.24) is 25.2 Å². The zero-order valence-electron chi connectivity index (χ0n) is 17.1. The lowest BCUT2D eigenvalue weighted by Crippen LogP contribution is -2.39. The summed E-state index contributed by atoms with van der Waals surface area (Å²) in [5.41, 5.74) is 2.72. The van der Waals surface area contributed by atoms with Crippen molar-refractivity contribution in [3.8, 4) is 0 Å². The van der Waals surface area contributed by atoms with Crippen LogP contribution in [0.3, 0.4) is 0 Å². The number of benzene rings is 1. The van der Waals surface area contributed by atoms with Crippen LogP contribution in [0.1, 0.15) is 46.9 Å². The Morgan fingerprint density at radius 1 is 1.21 bits per heavy atom. The second-order valence-electron chi connectivity index (χ2n) is 7.43. The Labute approximate surface area is 171 Å². The molecule has 29 heavy (non-hydrogen) atoms. The minimum absolute atomic E-state index is 0.157. The fourth-order valence-corrected chi connectivity index (χ4v) is 3.46. The number of aryl methyl sites for hydroxylation is 2. The van der Waals surface area contributed by atoms with Crippen LogP contribution in [0.25, 0.3) is 0 Å². The Morgan fingerprint density at radius 2 is 1.93 bits per heavy atom. The summed E-state index contributed by atoms with van der Waals surface area (Å²) in [5, 5.41) is 10.8. The first kappa shape index (κ1) is 21.0. The van der Waals surface area contributed by atoms with Crippen molar-refractivity contribution in [2.24, 2.45) is 0 Å². The van der Waals surface area contributed by atoms with Crippen LogP contribution in [0.4, 0.5) is 0 Å². The van der Waals surface area contributed by atoms with Crippen LogP contribution in [0.2, 0.25) is 0 Å². The van der Waals surface area contributed by atoms with Gasteiger partial charge in [0.25, 0.3) is 5.91 Å². The average Bonchev–Trinajstić information content (AvgIpc) is 3.24. The van der Waals surface area contributed by atoms with Crippen LogP contribution in [-0.2, 0) is 16.0 Å². The third kappa shape index (κ3) is 5.87. The van der Waals surface area contributed by atoms with Gasteiger partial charge in [-0.05, 0) is 31.7 Å². The fourth-order valence-electron chi connectivity index (χ4n) is 3.46.